The molecule has 0 saturated carbocycles. The van der Waals surface area contributed by atoms with Gasteiger partial charge in [0.15, 0.2) is 11.0 Å². The summed E-state index contributed by atoms with van der Waals surface area (Å²) in [6.45, 7) is 6.20. The van der Waals surface area contributed by atoms with Crippen molar-refractivity contribution in [2.24, 2.45) is 0 Å². The fraction of sp³-hybridized carbons (Fsp3) is 0.222. The Bertz CT molecular complexity index is 1430. The SMILES string of the molecule is CCOC(=O)c1sc(NC(=O)CSc2nnc(-c3ccccc3)n2CC)c(C(=O)Nc2ccccc2)c1C. The Hall–Kier alpha value is -3.96. The number of nitrogens with one attached hydrogen (secondary N) is 2. The number of thioether (sulfide) groups is 1. The molecule has 0 fully saturated rings. The number of hydrogen-bond acceptors (Lipinski definition) is 8. The minimum Gasteiger partial charge on any atom is -0.462 e. The highest BCUT2D eigenvalue weighted by Crippen LogP contribution is 2.35. The minimum absolute atomic E-state index is 0.0400. The van der Waals surface area contributed by atoms with Gasteiger partial charge in [0.2, 0.25) is 5.91 Å². The molecule has 0 aliphatic rings. The van der Waals surface area contributed by atoms with Crippen LogP contribution in [0.3, 0.4) is 0 Å². The van der Waals surface area contributed by atoms with Crippen LogP contribution in [0.15, 0.2) is 65.8 Å². The summed E-state index contributed by atoms with van der Waals surface area (Å²) < 4.78 is 7.10. The molecule has 2 N–H and O–H groups in total. The fourth-order valence-electron chi connectivity index (χ4n) is 3.76. The molecule has 38 heavy (non-hydrogen) atoms. The highest BCUT2D eigenvalue weighted by atomic mass is 32.2. The molecule has 0 aliphatic heterocycles. The minimum atomic E-state index is -0.539. The zero-order valence-electron chi connectivity index (χ0n) is 21.2. The third-order valence-corrected chi connectivity index (χ3v) is 7.67. The van der Waals surface area contributed by atoms with Gasteiger partial charge in [-0.2, -0.15) is 0 Å². The maximum absolute atomic E-state index is 13.2. The van der Waals surface area contributed by atoms with E-state index in [4.69, 9.17) is 4.74 Å². The Labute approximate surface area is 228 Å². The van der Waals surface area contributed by atoms with Gasteiger partial charge in [0, 0.05) is 17.8 Å². The molecule has 11 heteroatoms. The van der Waals surface area contributed by atoms with Gasteiger partial charge < -0.3 is 19.9 Å². The second-order valence-electron chi connectivity index (χ2n) is 8.05. The number of ether oxygens (including phenoxy) is 1. The van der Waals surface area contributed by atoms with Crippen molar-refractivity contribution in [1.82, 2.24) is 14.8 Å². The third kappa shape index (κ3) is 6.12. The number of anilines is 2. The number of esters is 1. The number of carbonyl (C=O) groups excluding carboxylic acids is 3. The van der Waals surface area contributed by atoms with Gasteiger partial charge in [-0.3, -0.25) is 9.59 Å². The lowest BCUT2D eigenvalue weighted by atomic mass is 10.1. The molecule has 0 bridgehead atoms. The Balaban J connectivity index is 1.53. The number of thiophene rings is 1. The Morgan fingerprint density at radius 3 is 2.32 bits per heavy atom. The molecule has 2 heterocycles. The fourth-order valence-corrected chi connectivity index (χ4v) is 5.67. The van der Waals surface area contributed by atoms with E-state index in [0.29, 0.717) is 23.0 Å². The van der Waals surface area contributed by atoms with Gasteiger partial charge in [0.05, 0.1) is 17.9 Å². The van der Waals surface area contributed by atoms with Crippen molar-refractivity contribution in [1.29, 1.82) is 0 Å². The summed E-state index contributed by atoms with van der Waals surface area (Å²) >= 11 is 2.27. The normalized spacial score (nSPS) is 10.7. The van der Waals surface area contributed by atoms with E-state index in [9.17, 15) is 14.4 Å². The lowest BCUT2D eigenvalue weighted by Crippen LogP contribution is -2.19. The second-order valence-corrected chi connectivity index (χ2v) is 10.0. The smallest absolute Gasteiger partial charge is 0.348 e. The van der Waals surface area contributed by atoms with Crippen molar-refractivity contribution < 1.29 is 19.1 Å². The van der Waals surface area contributed by atoms with E-state index in [0.717, 1.165) is 22.7 Å². The number of carbonyl (C=O) groups is 3. The van der Waals surface area contributed by atoms with Crippen LogP contribution in [0.2, 0.25) is 0 Å². The van der Waals surface area contributed by atoms with Gasteiger partial charge in [-0.15, -0.1) is 21.5 Å². The van der Waals surface area contributed by atoms with Crippen LogP contribution < -0.4 is 10.6 Å². The van der Waals surface area contributed by atoms with Crippen molar-refractivity contribution in [3.8, 4) is 11.4 Å². The molecule has 2 aromatic heterocycles. The van der Waals surface area contributed by atoms with Crippen molar-refractivity contribution in [3.05, 3.63) is 76.7 Å². The van der Waals surface area contributed by atoms with Crippen LogP contribution in [-0.2, 0) is 16.1 Å². The maximum atomic E-state index is 13.2. The van der Waals surface area contributed by atoms with Gasteiger partial charge >= 0.3 is 5.97 Å². The van der Waals surface area contributed by atoms with Crippen molar-refractivity contribution >= 4 is 51.6 Å². The zero-order chi connectivity index (χ0) is 27.1. The van der Waals surface area contributed by atoms with Crippen LogP contribution in [0.4, 0.5) is 10.7 Å². The molecule has 2 aromatic carbocycles. The first kappa shape index (κ1) is 27.1. The van der Waals surface area contributed by atoms with Crippen LogP contribution in [-0.4, -0.2) is 44.9 Å². The summed E-state index contributed by atoms with van der Waals surface area (Å²) in [5, 5.41) is 15.1. The summed E-state index contributed by atoms with van der Waals surface area (Å²) in [6, 6.07) is 18.7. The summed E-state index contributed by atoms with van der Waals surface area (Å²) in [5.74, 6) is -0.542. The molecule has 9 nitrogen and oxygen atoms in total. The van der Waals surface area contributed by atoms with Crippen LogP contribution in [0.25, 0.3) is 11.4 Å². The molecule has 196 valence electrons. The van der Waals surface area contributed by atoms with E-state index in [1.807, 2.05) is 47.9 Å². The number of para-hydroxylation sites is 1. The molecular weight excluding hydrogens is 522 g/mol. The third-order valence-electron chi connectivity index (χ3n) is 5.52. The lowest BCUT2D eigenvalue weighted by Gasteiger charge is -2.09. The Morgan fingerprint density at radius 1 is 0.974 bits per heavy atom. The maximum Gasteiger partial charge on any atom is 0.348 e. The molecule has 2 amide bonds. The number of amides is 2. The van der Waals surface area contributed by atoms with E-state index >= 15 is 0 Å². The first-order chi connectivity index (χ1) is 18.4. The summed E-state index contributed by atoms with van der Waals surface area (Å²) in [4.78, 5) is 39.0. The van der Waals surface area contributed by atoms with E-state index in [1.165, 1.54) is 11.8 Å². The van der Waals surface area contributed by atoms with Gasteiger partial charge in [-0.1, -0.05) is 60.3 Å². The molecule has 0 aliphatic carbocycles. The van der Waals surface area contributed by atoms with Crippen LogP contribution in [0.1, 0.15) is 39.4 Å². The average molecular weight is 550 g/mol. The molecule has 0 spiro atoms. The van der Waals surface area contributed by atoms with Gasteiger partial charge in [-0.05, 0) is 38.5 Å². The number of hydrogen-bond donors (Lipinski definition) is 2. The van der Waals surface area contributed by atoms with Gasteiger partial charge in [0.1, 0.15) is 9.88 Å². The van der Waals surface area contributed by atoms with E-state index in [-0.39, 0.29) is 33.7 Å². The first-order valence-corrected chi connectivity index (χ1v) is 13.8. The van der Waals surface area contributed by atoms with Crippen molar-refractivity contribution in [2.45, 2.75) is 32.5 Å². The molecule has 4 aromatic rings. The average Bonchev–Trinajstić information content (AvgIpc) is 3.49. The molecule has 4 rings (SSSR count). The van der Waals surface area contributed by atoms with E-state index in [2.05, 4.69) is 20.8 Å². The van der Waals surface area contributed by atoms with E-state index in [1.54, 1.807) is 38.1 Å². The lowest BCUT2D eigenvalue weighted by molar-refractivity contribution is -0.113. The molecule has 0 saturated heterocycles. The standard InChI is InChI=1S/C27H27N5O4S2/c1-4-32-23(18-12-8-6-9-13-18)30-31-27(32)37-16-20(33)29-25-21(17(3)22(38-25)26(35)36-5-2)24(34)28-19-14-10-7-11-15-19/h6-15H,4-5,16H2,1-3H3,(H,28,34)(H,29,33). The van der Waals surface area contributed by atoms with Crippen LogP contribution in [0, 0.1) is 6.92 Å². The second kappa shape index (κ2) is 12.5. The predicted molar refractivity (Wildman–Crippen MR) is 150 cm³/mol. The number of benzene rings is 2. The van der Waals surface area contributed by atoms with E-state index < -0.39 is 11.9 Å². The number of nitrogens with zero attached hydrogens (tertiary/aromatic N) is 3. The Kier molecular flexibility index (Phi) is 8.93. The first-order valence-electron chi connectivity index (χ1n) is 12.0. The highest BCUT2D eigenvalue weighted by molar-refractivity contribution is 7.99. The molecule has 0 unspecified atom stereocenters. The summed E-state index contributed by atoms with van der Waals surface area (Å²) in [5.41, 5.74) is 2.21. The largest absolute Gasteiger partial charge is 0.462 e. The number of aromatic nitrogens is 3. The Morgan fingerprint density at radius 2 is 1.66 bits per heavy atom. The highest BCUT2D eigenvalue weighted by Gasteiger charge is 2.27. The van der Waals surface area contributed by atoms with Crippen LogP contribution >= 0.6 is 23.1 Å². The van der Waals surface area contributed by atoms with Crippen LogP contribution in [0.5, 0.6) is 0 Å². The summed E-state index contributed by atoms with van der Waals surface area (Å²) in [6.07, 6.45) is 0. The quantitative estimate of drug-likeness (QED) is 0.198. The predicted octanol–water partition coefficient (Wildman–Crippen LogP) is 5.49. The summed E-state index contributed by atoms with van der Waals surface area (Å²) in [7, 11) is 0. The monoisotopic (exact) mass is 549 g/mol. The van der Waals surface area contributed by atoms with Gasteiger partial charge in [0.25, 0.3) is 5.91 Å². The molecular formula is C27H27N5O4S2. The number of rotatable bonds is 10. The van der Waals surface area contributed by atoms with Gasteiger partial charge in [-0.25, -0.2) is 4.79 Å². The zero-order valence-corrected chi connectivity index (χ0v) is 22.8. The van der Waals surface area contributed by atoms with Crippen molar-refractivity contribution in [3.63, 3.8) is 0 Å². The van der Waals surface area contributed by atoms with Crippen molar-refractivity contribution in [2.75, 3.05) is 23.0 Å². The topological polar surface area (TPSA) is 115 Å². The molecule has 0 radical (unpaired) electrons. The molecule has 0 atom stereocenters.